The molecule has 144 valence electrons. The van der Waals surface area contributed by atoms with E-state index in [-0.39, 0.29) is 17.7 Å². The Bertz CT molecular complexity index is 943. The number of hydrogen-bond donors (Lipinski definition) is 1. The molecule has 1 aliphatic heterocycles. The third kappa shape index (κ3) is 3.34. The molecule has 1 N–H and O–H groups in total. The van der Waals surface area contributed by atoms with Gasteiger partial charge in [-0.1, -0.05) is 50.3 Å². The highest BCUT2D eigenvalue weighted by Gasteiger charge is 2.34. The first-order valence-corrected chi connectivity index (χ1v) is 10.3. The number of thiazole rings is 1. The lowest BCUT2D eigenvalue weighted by molar-refractivity contribution is 0.110. The molecular formula is C20H25FN4OS. The van der Waals surface area contributed by atoms with Crippen molar-refractivity contribution in [2.75, 3.05) is 13.1 Å². The number of nitrogens with zero attached hydrogens (tertiary/aromatic N) is 4. The summed E-state index contributed by atoms with van der Waals surface area (Å²) < 4.78 is 16.3. The molecule has 1 aromatic carbocycles. The van der Waals surface area contributed by atoms with Crippen LogP contribution >= 0.6 is 11.3 Å². The van der Waals surface area contributed by atoms with E-state index in [0.717, 1.165) is 13.1 Å². The first-order valence-electron chi connectivity index (χ1n) is 9.53. The molecule has 3 aromatic rings. The Morgan fingerprint density at radius 2 is 1.96 bits per heavy atom. The lowest BCUT2D eigenvalue weighted by Crippen LogP contribution is -2.41. The van der Waals surface area contributed by atoms with Gasteiger partial charge in [0.2, 0.25) is 10.8 Å². The minimum Gasteiger partial charge on any atom is -0.492 e. The monoisotopic (exact) mass is 388 g/mol. The van der Waals surface area contributed by atoms with Crippen LogP contribution in [0.2, 0.25) is 0 Å². The number of hydrogen-bond acceptors (Lipinski definition) is 5. The summed E-state index contributed by atoms with van der Waals surface area (Å²) in [5, 5.41) is 15.3. The van der Waals surface area contributed by atoms with Gasteiger partial charge >= 0.3 is 0 Å². The summed E-state index contributed by atoms with van der Waals surface area (Å²) in [6.07, 6.45) is 1.88. The molecule has 27 heavy (non-hydrogen) atoms. The van der Waals surface area contributed by atoms with Gasteiger partial charge in [-0.05, 0) is 24.3 Å². The SMILES string of the molecule is CCc1nc2sc([C@H](c3ccccc3F)N3C[C@H](C)C[C@@H](C)C3)c(O)n2n1. The number of benzene rings is 1. The Balaban J connectivity index is 1.84. The second-order valence-electron chi connectivity index (χ2n) is 7.69. The van der Waals surface area contributed by atoms with Crippen LogP contribution in [0.25, 0.3) is 4.96 Å². The zero-order chi connectivity index (χ0) is 19.1. The van der Waals surface area contributed by atoms with Crippen LogP contribution in [-0.4, -0.2) is 37.7 Å². The van der Waals surface area contributed by atoms with Crippen LogP contribution < -0.4 is 0 Å². The molecule has 0 saturated carbocycles. The summed E-state index contributed by atoms with van der Waals surface area (Å²) in [5.74, 6) is 1.58. The van der Waals surface area contributed by atoms with Crippen molar-refractivity contribution in [1.82, 2.24) is 19.5 Å². The van der Waals surface area contributed by atoms with Crippen LogP contribution in [0.5, 0.6) is 5.88 Å². The minimum absolute atomic E-state index is 0.0707. The normalized spacial score (nSPS) is 22.4. The first kappa shape index (κ1) is 18.4. The Kier molecular flexibility index (Phi) is 4.90. The third-order valence-electron chi connectivity index (χ3n) is 5.27. The molecule has 0 spiro atoms. The molecule has 7 heteroatoms. The van der Waals surface area contributed by atoms with Crippen LogP contribution in [0.4, 0.5) is 4.39 Å². The summed E-state index contributed by atoms with van der Waals surface area (Å²) in [5.41, 5.74) is 0.592. The number of rotatable bonds is 4. The average Bonchev–Trinajstić information content (AvgIpc) is 3.16. The maximum atomic E-state index is 14.8. The number of halogens is 1. The van der Waals surface area contributed by atoms with Crippen LogP contribution in [0, 0.1) is 17.7 Å². The number of aromatic hydroxyl groups is 1. The van der Waals surface area contributed by atoms with Crippen molar-refractivity contribution >= 4 is 16.3 Å². The van der Waals surface area contributed by atoms with Crippen LogP contribution in [-0.2, 0) is 6.42 Å². The smallest absolute Gasteiger partial charge is 0.230 e. The van der Waals surface area contributed by atoms with Gasteiger partial charge < -0.3 is 5.11 Å². The van der Waals surface area contributed by atoms with E-state index in [4.69, 9.17) is 0 Å². The van der Waals surface area contributed by atoms with E-state index in [0.29, 0.717) is 39.5 Å². The van der Waals surface area contributed by atoms with E-state index in [2.05, 4.69) is 28.8 Å². The summed E-state index contributed by atoms with van der Waals surface area (Å²) in [6.45, 7) is 8.19. The highest BCUT2D eigenvalue weighted by molar-refractivity contribution is 7.17. The molecule has 4 rings (SSSR count). The Hall–Kier alpha value is -1.99. The van der Waals surface area contributed by atoms with Gasteiger partial charge in [-0.25, -0.2) is 9.37 Å². The van der Waals surface area contributed by atoms with Crippen molar-refractivity contribution in [2.45, 2.75) is 39.7 Å². The first-order chi connectivity index (χ1) is 13.0. The lowest BCUT2D eigenvalue weighted by atomic mass is 9.89. The minimum atomic E-state index is -0.338. The number of aryl methyl sites for hydroxylation is 1. The molecule has 1 saturated heterocycles. The quantitative estimate of drug-likeness (QED) is 0.725. The van der Waals surface area contributed by atoms with Gasteiger partial charge in [-0.15, -0.1) is 5.10 Å². The number of aromatic nitrogens is 3. The average molecular weight is 389 g/mol. The predicted octanol–water partition coefficient (Wildman–Crippen LogP) is 4.27. The molecule has 5 nitrogen and oxygen atoms in total. The van der Waals surface area contributed by atoms with Crippen molar-refractivity contribution in [3.8, 4) is 5.88 Å². The van der Waals surface area contributed by atoms with Gasteiger partial charge in [0.1, 0.15) is 5.82 Å². The molecule has 2 aromatic heterocycles. The van der Waals surface area contributed by atoms with Crippen molar-refractivity contribution < 1.29 is 9.50 Å². The van der Waals surface area contributed by atoms with Gasteiger partial charge in [-0.3, -0.25) is 4.90 Å². The highest BCUT2D eigenvalue weighted by Crippen LogP contribution is 2.42. The zero-order valence-electron chi connectivity index (χ0n) is 15.9. The van der Waals surface area contributed by atoms with E-state index >= 15 is 0 Å². The molecule has 3 atom stereocenters. The maximum absolute atomic E-state index is 14.8. The molecule has 0 amide bonds. The number of likely N-dealkylation sites (tertiary alicyclic amines) is 1. The highest BCUT2D eigenvalue weighted by atomic mass is 32.1. The Morgan fingerprint density at radius 3 is 2.59 bits per heavy atom. The summed E-state index contributed by atoms with van der Waals surface area (Å²) in [7, 11) is 0. The van der Waals surface area contributed by atoms with Gasteiger partial charge in [0, 0.05) is 25.1 Å². The Morgan fingerprint density at radius 1 is 1.26 bits per heavy atom. The number of piperidine rings is 1. The van der Waals surface area contributed by atoms with Crippen molar-refractivity contribution in [2.24, 2.45) is 11.8 Å². The van der Waals surface area contributed by atoms with E-state index in [1.165, 1.54) is 28.3 Å². The van der Waals surface area contributed by atoms with Crippen molar-refractivity contribution in [3.05, 3.63) is 46.3 Å². The van der Waals surface area contributed by atoms with Crippen molar-refractivity contribution in [1.29, 1.82) is 0 Å². The molecule has 0 radical (unpaired) electrons. The van der Waals surface area contributed by atoms with Gasteiger partial charge in [-0.2, -0.15) is 4.52 Å². The standard InChI is InChI=1S/C20H25FN4OS/c1-4-16-22-20-25(23-16)19(26)18(27-20)17(14-7-5-6-8-15(14)21)24-10-12(2)9-13(3)11-24/h5-8,12-13,17,26H,4,9-11H2,1-3H3/t12-,13-,17+/m1/s1. The molecular weight excluding hydrogens is 363 g/mol. The summed E-state index contributed by atoms with van der Waals surface area (Å²) >= 11 is 1.40. The third-order valence-corrected chi connectivity index (χ3v) is 6.34. The predicted molar refractivity (Wildman–Crippen MR) is 105 cm³/mol. The fourth-order valence-electron chi connectivity index (χ4n) is 4.24. The molecule has 1 fully saturated rings. The fourth-order valence-corrected chi connectivity index (χ4v) is 5.37. The topological polar surface area (TPSA) is 53.7 Å². The number of fused-ring (bicyclic) bond motifs is 1. The molecule has 1 aliphatic rings. The van der Waals surface area contributed by atoms with Crippen LogP contribution in [0.3, 0.4) is 0 Å². The molecule has 3 heterocycles. The van der Waals surface area contributed by atoms with E-state index in [1.54, 1.807) is 6.07 Å². The van der Waals surface area contributed by atoms with Gasteiger partial charge in [0.05, 0.1) is 10.9 Å². The fraction of sp³-hybridized carbons (Fsp3) is 0.500. The summed E-state index contributed by atoms with van der Waals surface area (Å²) in [4.78, 5) is 8.14. The van der Waals surface area contributed by atoms with Crippen LogP contribution in [0.1, 0.15) is 49.5 Å². The van der Waals surface area contributed by atoms with E-state index < -0.39 is 0 Å². The Labute approximate surface area is 162 Å². The second-order valence-corrected chi connectivity index (χ2v) is 8.70. The lowest BCUT2D eigenvalue weighted by Gasteiger charge is -2.40. The van der Waals surface area contributed by atoms with Gasteiger partial charge in [0.25, 0.3) is 0 Å². The van der Waals surface area contributed by atoms with E-state index in [9.17, 15) is 9.50 Å². The second kappa shape index (κ2) is 7.20. The maximum Gasteiger partial charge on any atom is 0.230 e. The zero-order valence-corrected chi connectivity index (χ0v) is 16.7. The largest absolute Gasteiger partial charge is 0.492 e. The van der Waals surface area contributed by atoms with Gasteiger partial charge in [0.15, 0.2) is 5.82 Å². The van der Waals surface area contributed by atoms with E-state index in [1.807, 2.05) is 19.1 Å². The molecule has 0 aliphatic carbocycles. The van der Waals surface area contributed by atoms with Crippen molar-refractivity contribution in [3.63, 3.8) is 0 Å². The summed E-state index contributed by atoms with van der Waals surface area (Å²) in [6, 6.07) is 6.52. The molecule has 0 unspecified atom stereocenters. The molecule has 0 bridgehead atoms. The van der Waals surface area contributed by atoms with Crippen LogP contribution in [0.15, 0.2) is 24.3 Å².